The van der Waals surface area contributed by atoms with Gasteiger partial charge < -0.3 is 10.1 Å². The Labute approximate surface area is 107 Å². The van der Waals surface area contributed by atoms with Gasteiger partial charge in [0.2, 0.25) is 0 Å². The molecule has 1 N–H and O–H groups in total. The Bertz CT molecular complexity index is 495. The SMILES string of the molecule is COc1cccc(C(=O)NC2CC3C=CC2C3)c1. The maximum Gasteiger partial charge on any atom is 0.251 e. The smallest absolute Gasteiger partial charge is 0.251 e. The highest BCUT2D eigenvalue weighted by atomic mass is 16.5. The second-order valence-electron chi connectivity index (χ2n) is 5.09. The second-order valence-corrected chi connectivity index (χ2v) is 5.09. The first-order valence-corrected chi connectivity index (χ1v) is 6.39. The number of hydrogen-bond donors (Lipinski definition) is 1. The summed E-state index contributed by atoms with van der Waals surface area (Å²) in [7, 11) is 1.61. The van der Waals surface area contributed by atoms with Gasteiger partial charge in [0.25, 0.3) is 5.91 Å². The molecule has 0 radical (unpaired) electrons. The molecule has 0 aliphatic heterocycles. The van der Waals surface area contributed by atoms with Gasteiger partial charge in [0, 0.05) is 11.6 Å². The predicted molar refractivity (Wildman–Crippen MR) is 69.6 cm³/mol. The van der Waals surface area contributed by atoms with Crippen molar-refractivity contribution in [2.45, 2.75) is 18.9 Å². The van der Waals surface area contributed by atoms with Gasteiger partial charge in [-0.15, -0.1) is 0 Å². The van der Waals surface area contributed by atoms with Crippen LogP contribution in [0.5, 0.6) is 5.75 Å². The summed E-state index contributed by atoms with van der Waals surface area (Å²) >= 11 is 0. The van der Waals surface area contributed by atoms with Gasteiger partial charge in [-0.2, -0.15) is 0 Å². The summed E-state index contributed by atoms with van der Waals surface area (Å²) in [6, 6.07) is 7.59. The zero-order valence-electron chi connectivity index (χ0n) is 10.4. The van der Waals surface area contributed by atoms with Gasteiger partial charge in [-0.3, -0.25) is 4.79 Å². The van der Waals surface area contributed by atoms with E-state index >= 15 is 0 Å². The minimum Gasteiger partial charge on any atom is -0.497 e. The van der Waals surface area contributed by atoms with Crippen molar-refractivity contribution in [2.24, 2.45) is 11.8 Å². The summed E-state index contributed by atoms with van der Waals surface area (Å²) in [5.41, 5.74) is 0.668. The van der Waals surface area contributed by atoms with E-state index in [9.17, 15) is 4.79 Å². The molecule has 1 fully saturated rings. The van der Waals surface area contributed by atoms with Crippen LogP contribution in [0.25, 0.3) is 0 Å². The van der Waals surface area contributed by atoms with Gasteiger partial charge in [0.05, 0.1) is 7.11 Å². The van der Waals surface area contributed by atoms with Crippen molar-refractivity contribution in [1.82, 2.24) is 5.32 Å². The first-order chi connectivity index (χ1) is 8.76. The van der Waals surface area contributed by atoms with Gasteiger partial charge in [0.1, 0.15) is 5.75 Å². The molecule has 3 nitrogen and oxygen atoms in total. The molecule has 2 aliphatic carbocycles. The summed E-state index contributed by atoms with van der Waals surface area (Å²) in [5.74, 6) is 1.92. The summed E-state index contributed by atoms with van der Waals surface area (Å²) in [5, 5.41) is 3.13. The van der Waals surface area contributed by atoms with Gasteiger partial charge in [-0.25, -0.2) is 0 Å². The van der Waals surface area contributed by atoms with E-state index in [4.69, 9.17) is 4.74 Å². The number of ether oxygens (including phenoxy) is 1. The number of rotatable bonds is 3. The number of fused-ring (bicyclic) bond motifs is 2. The van der Waals surface area contributed by atoms with E-state index in [-0.39, 0.29) is 5.91 Å². The normalized spacial score (nSPS) is 28.4. The van der Waals surface area contributed by atoms with E-state index < -0.39 is 0 Å². The van der Waals surface area contributed by atoms with Crippen LogP contribution >= 0.6 is 0 Å². The third-order valence-electron chi connectivity index (χ3n) is 3.93. The Hall–Kier alpha value is -1.77. The Morgan fingerprint density at radius 2 is 2.22 bits per heavy atom. The molecule has 94 valence electrons. The van der Waals surface area contributed by atoms with Gasteiger partial charge in [-0.1, -0.05) is 18.2 Å². The van der Waals surface area contributed by atoms with E-state index in [1.165, 1.54) is 6.42 Å². The molecule has 0 aromatic heterocycles. The van der Waals surface area contributed by atoms with Crippen LogP contribution < -0.4 is 10.1 Å². The monoisotopic (exact) mass is 243 g/mol. The summed E-state index contributed by atoms with van der Waals surface area (Å²) < 4.78 is 5.13. The van der Waals surface area contributed by atoms with Crippen LogP contribution in [-0.4, -0.2) is 19.1 Å². The van der Waals surface area contributed by atoms with Crippen molar-refractivity contribution < 1.29 is 9.53 Å². The molecule has 2 bridgehead atoms. The van der Waals surface area contributed by atoms with E-state index in [2.05, 4.69) is 17.5 Å². The minimum atomic E-state index is -0.000139. The number of benzene rings is 1. The van der Waals surface area contributed by atoms with Crippen molar-refractivity contribution in [3.8, 4) is 5.75 Å². The van der Waals surface area contributed by atoms with Gasteiger partial charge in [0.15, 0.2) is 0 Å². The second kappa shape index (κ2) is 4.48. The lowest BCUT2D eigenvalue weighted by atomic mass is 10.0. The fraction of sp³-hybridized carbons (Fsp3) is 0.400. The maximum absolute atomic E-state index is 12.2. The van der Waals surface area contributed by atoms with Crippen molar-refractivity contribution >= 4 is 5.91 Å². The predicted octanol–water partition coefficient (Wildman–Crippen LogP) is 2.39. The highest BCUT2D eigenvalue weighted by Crippen LogP contribution is 2.39. The van der Waals surface area contributed by atoms with Crippen LogP contribution in [0.4, 0.5) is 0 Å². The van der Waals surface area contributed by atoms with Crippen LogP contribution in [0.3, 0.4) is 0 Å². The topological polar surface area (TPSA) is 38.3 Å². The average molecular weight is 243 g/mol. The van der Waals surface area contributed by atoms with Crippen molar-refractivity contribution in [3.63, 3.8) is 0 Å². The molecule has 3 unspecified atom stereocenters. The Kier molecular flexibility index (Phi) is 2.82. The maximum atomic E-state index is 12.2. The third kappa shape index (κ3) is 2.01. The van der Waals surface area contributed by atoms with Crippen LogP contribution in [0, 0.1) is 11.8 Å². The Morgan fingerprint density at radius 3 is 2.89 bits per heavy atom. The fourth-order valence-corrected chi connectivity index (χ4v) is 2.96. The fourth-order valence-electron chi connectivity index (χ4n) is 2.96. The van der Waals surface area contributed by atoms with Crippen LogP contribution in [0.2, 0.25) is 0 Å². The largest absolute Gasteiger partial charge is 0.497 e. The number of carbonyl (C=O) groups is 1. The highest BCUT2D eigenvalue weighted by molar-refractivity contribution is 5.94. The number of amides is 1. The minimum absolute atomic E-state index is 0.000139. The number of carbonyl (C=O) groups excluding carboxylic acids is 1. The lowest BCUT2D eigenvalue weighted by Gasteiger charge is -2.19. The first-order valence-electron chi connectivity index (χ1n) is 6.39. The highest BCUT2D eigenvalue weighted by Gasteiger charge is 2.36. The first kappa shape index (κ1) is 11.3. The number of methoxy groups -OCH3 is 1. The average Bonchev–Trinajstić information content (AvgIpc) is 3.01. The molecule has 1 amide bonds. The molecule has 1 aromatic rings. The Morgan fingerprint density at radius 1 is 1.33 bits per heavy atom. The third-order valence-corrected chi connectivity index (χ3v) is 3.93. The zero-order chi connectivity index (χ0) is 12.5. The lowest BCUT2D eigenvalue weighted by molar-refractivity contribution is 0.0931. The van der Waals surface area contributed by atoms with Gasteiger partial charge >= 0.3 is 0 Å². The number of hydrogen-bond acceptors (Lipinski definition) is 2. The molecule has 0 saturated heterocycles. The molecule has 1 saturated carbocycles. The summed E-state index contributed by atoms with van der Waals surface area (Å²) in [6.07, 6.45) is 6.80. The lowest BCUT2D eigenvalue weighted by Crippen LogP contribution is -2.37. The van der Waals surface area contributed by atoms with E-state index in [0.717, 1.165) is 12.2 Å². The van der Waals surface area contributed by atoms with Crippen molar-refractivity contribution in [3.05, 3.63) is 42.0 Å². The van der Waals surface area contributed by atoms with Crippen LogP contribution in [0.1, 0.15) is 23.2 Å². The molecule has 2 aliphatic rings. The summed E-state index contributed by atoms with van der Waals surface area (Å²) in [6.45, 7) is 0. The van der Waals surface area contributed by atoms with E-state index in [1.54, 1.807) is 13.2 Å². The van der Waals surface area contributed by atoms with Crippen molar-refractivity contribution in [2.75, 3.05) is 7.11 Å². The Balaban J connectivity index is 1.69. The molecular formula is C15H17NO2. The molecule has 3 heteroatoms. The quantitative estimate of drug-likeness (QED) is 0.828. The van der Waals surface area contributed by atoms with Crippen LogP contribution in [0.15, 0.2) is 36.4 Å². The van der Waals surface area contributed by atoms with Gasteiger partial charge in [-0.05, 0) is 42.9 Å². The standard InChI is InChI=1S/C15H17NO2/c1-18-13-4-2-3-12(9-13)15(17)16-14-8-10-5-6-11(14)7-10/h2-6,9-11,14H,7-8H2,1H3,(H,16,17). The zero-order valence-corrected chi connectivity index (χ0v) is 10.4. The number of allylic oxidation sites excluding steroid dienone is 1. The van der Waals surface area contributed by atoms with E-state index in [1.807, 2.05) is 18.2 Å². The molecule has 0 spiro atoms. The molecule has 3 rings (SSSR count). The molecule has 3 atom stereocenters. The summed E-state index contributed by atoms with van der Waals surface area (Å²) in [4.78, 5) is 12.2. The number of nitrogens with one attached hydrogen (secondary N) is 1. The van der Waals surface area contributed by atoms with Crippen LogP contribution in [-0.2, 0) is 0 Å². The molecule has 0 heterocycles. The van der Waals surface area contributed by atoms with Crippen molar-refractivity contribution in [1.29, 1.82) is 0 Å². The van der Waals surface area contributed by atoms with E-state index in [0.29, 0.717) is 23.4 Å². The molecule has 18 heavy (non-hydrogen) atoms. The molecule has 1 aromatic carbocycles. The molecular weight excluding hydrogens is 226 g/mol.